The molecule has 0 N–H and O–H groups in total. The first-order valence-electron chi connectivity index (χ1n) is 9.28. The highest BCUT2D eigenvalue weighted by molar-refractivity contribution is 5.97. The Morgan fingerprint density at radius 1 is 1.04 bits per heavy atom. The van der Waals surface area contributed by atoms with E-state index in [0.717, 1.165) is 28.4 Å². The van der Waals surface area contributed by atoms with Crippen LogP contribution in [-0.4, -0.2) is 15.9 Å². The van der Waals surface area contributed by atoms with Crippen molar-refractivity contribution < 1.29 is 9.32 Å². The van der Waals surface area contributed by atoms with Gasteiger partial charge in [0.25, 0.3) is 0 Å². The van der Waals surface area contributed by atoms with Gasteiger partial charge < -0.3 is 4.52 Å². The molecule has 3 aromatic rings. The van der Waals surface area contributed by atoms with Crippen LogP contribution >= 0.6 is 0 Å². The maximum Gasteiger partial charge on any atom is 0.165 e. The number of carbonyl (C=O) groups is 1. The van der Waals surface area contributed by atoms with E-state index in [-0.39, 0.29) is 11.2 Å². The summed E-state index contributed by atoms with van der Waals surface area (Å²) in [4.78, 5) is 16.8. The first-order valence-corrected chi connectivity index (χ1v) is 9.28. The maximum atomic E-state index is 12.5. The number of rotatable bonds is 5. The average molecular weight is 362 g/mol. The van der Waals surface area contributed by atoms with Gasteiger partial charge in [-0.15, -0.1) is 0 Å². The summed E-state index contributed by atoms with van der Waals surface area (Å²) in [6.07, 6.45) is 0.905. The standard InChI is InChI=1S/C23H26N2O2/c1-15-6-12-20(16(2)24-15)22(26)13-11-19-14-21(25-27-19)17-7-9-18(10-8-17)23(3,4)5/h6-10,12,14H,11,13H2,1-5H3. The number of aromatic nitrogens is 2. The van der Waals surface area contributed by atoms with Crippen LogP contribution in [0, 0.1) is 13.8 Å². The second-order valence-electron chi connectivity index (χ2n) is 8.01. The molecular formula is C23H26N2O2. The highest BCUT2D eigenvalue weighted by Crippen LogP contribution is 2.26. The molecule has 0 aliphatic carbocycles. The van der Waals surface area contributed by atoms with Crippen LogP contribution in [0.4, 0.5) is 0 Å². The third-order valence-electron chi connectivity index (χ3n) is 4.73. The molecule has 140 valence electrons. The second-order valence-corrected chi connectivity index (χ2v) is 8.01. The lowest BCUT2D eigenvalue weighted by Crippen LogP contribution is -2.10. The van der Waals surface area contributed by atoms with Crippen molar-refractivity contribution in [3.05, 3.63) is 70.7 Å². The fourth-order valence-electron chi connectivity index (χ4n) is 3.06. The molecule has 27 heavy (non-hydrogen) atoms. The summed E-state index contributed by atoms with van der Waals surface area (Å²) in [6.45, 7) is 10.4. The molecule has 0 radical (unpaired) electrons. The minimum absolute atomic E-state index is 0.0764. The molecule has 4 nitrogen and oxygen atoms in total. The van der Waals surface area contributed by atoms with Crippen LogP contribution in [0.3, 0.4) is 0 Å². The van der Waals surface area contributed by atoms with Crippen LogP contribution in [0.5, 0.6) is 0 Å². The van der Waals surface area contributed by atoms with Gasteiger partial charge in [0, 0.05) is 41.4 Å². The van der Waals surface area contributed by atoms with Crippen molar-refractivity contribution in [2.45, 2.75) is 52.9 Å². The molecule has 1 aromatic carbocycles. The number of pyridine rings is 1. The number of hydrogen-bond donors (Lipinski definition) is 0. The molecule has 0 saturated heterocycles. The Labute approximate surface area is 160 Å². The Kier molecular flexibility index (Phi) is 5.26. The smallest absolute Gasteiger partial charge is 0.165 e. The third kappa shape index (κ3) is 4.51. The summed E-state index contributed by atoms with van der Waals surface area (Å²) in [6, 6.07) is 14.0. The van der Waals surface area contributed by atoms with Crippen LogP contribution in [0.25, 0.3) is 11.3 Å². The molecule has 0 atom stereocenters. The number of Topliss-reactive ketones (excluding diaryl/α,β-unsaturated/α-hetero) is 1. The van der Waals surface area contributed by atoms with Gasteiger partial charge in [0.05, 0.1) is 0 Å². The second kappa shape index (κ2) is 7.47. The number of aryl methyl sites for hydroxylation is 3. The average Bonchev–Trinajstić information content (AvgIpc) is 3.08. The molecule has 0 unspecified atom stereocenters. The van der Waals surface area contributed by atoms with Gasteiger partial charge in [0.2, 0.25) is 0 Å². The van der Waals surface area contributed by atoms with E-state index in [1.807, 2.05) is 32.0 Å². The third-order valence-corrected chi connectivity index (χ3v) is 4.73. The fraction of sp³-hybridized carbons (Fsp3) is 0.348. The van der Waals surface area contributed by atoms with E-state index in [0.29, 0.717) is 18.4 Å². The Morgan fingerprint density at radius 2 is 1.74 bits per heavy atom. The monoisotopic (exact) mass is 362 g/mol. The Hall–Kier alpha value is -2.75. The largest absolute Gasteiger partial charge is 0.361 e. The summed E-state index contributed by atoms with van der Waals surface area (Å²) in [7, 11) is 0. The van der Waals surface area contributed by atoms with Crippen molar-refractivity contribution in [1.29, 1.82) is 0 Å². The zero-order chi connectivity index (χ0) is 19.6. The fourth-order valence-corrected chi connectivity index (χ4v) is 3.06. The van der Waals surface area contributed by atoms with Crippen molar-refractivity contribution in [1.82, 2.24) is 10.1 Å². The van der Waals surface area contributed by atoms with Crippen molar-refractivity contribution in [3.63, 3.8) is 0 Å². The summed E-state index contributed by atoms with van der Waals surface area (Å²) in [5, 5.41) is 4.16. The van der Waals surface area contributed by atoms with E-state index in [1.54, 1.807) is 0 Å². The van der Waals surface area contributed by atoms with E-state index in [2.05, 4.69) is 55.2 Å². The Bertz CT molecular complexity index is 947. The number of ketones is 1. The van der Waals surface area contributed by atoms with Crippen LogP contribution in [0.1, 0.15) is 60.3 Å². The van der Waals surface area contributed by atoms with Crippen molar-refractivity contribution in [3.8, 4) is 11.3 Å². The summed E-state index contributed by atoms with van der Waals surface area (Å²) >= 11 is 0. The highest BCUT2D eigenvalue weighted by atomic mass is 16.5. The number of carbonyl (C=O) groups excluding carboxylic acids is 1. The summed E-state index contributed by atoms with van der Waals surface area (Å²) in [5.74, 6) is 0.795. The molecule has 0 spiro atoms. The van der Waals surface area contributed by atoms with Crippen molar-refractivity contribution in [2.75, 3.05) is 0 Å². The number of benzene rings is 1. The van der Waals surface area contributed by atoms with Crippen LogP contribution in [-0.2, 0) is 11.8 Å². The lowest BCUT2D eigenvalue weighted by atomic mass is 9.86. The van der Waals surface area contributed by atoms with Crippen molar-refractivity contribution in [2.24, 2.45) is 0 Å². The van der Waals surface area contributed by atoms with Gasteiger partial charge in [-0.05, 0) is 37.0 Å². The zero-order valence-corrected chi connectivity index (χ0v) is 16.7. The maximum absolute atomic E-state index is 12.5. The predicted octanol–water partition coefficient (Wildman–Crippen LogP) is 5.47. The highest BCUT2D eigenvalue weighted by Gasteiger charge is 2.15. The number of nitrogens with zero attached hydrogens (tertiary/aromatic N) is 2. The molecule has 4 heteroatoms. The van der Waals surface area contributed by atoms with E-state index in [9.17, 15) is 4.79 Å². The van der Waals surface area contributed by atoms with Crippen molar-refractivity contribution >= 4 is 5.78 Å². The van der Waals surface area contributed by atoms with Gasteiger partial charge >= 0.3 is 0 Å². The first-order chi connectivity index (χ1) is 12.7. The zero-order valence-electron chi connectivity index (χ0n) is 16.7. The summed E-state index contributed by atoms with van der Waals surface area (Å²) < 4.78 is 5.43. The van der Waals surface area contributed by atoms with Gasteiger partial charge in [-0.1, -0.05) is 50.2 Å². The minimum Gasteiger partial charge on any atom is -0.361 e. The van der Waals surface area contributed by atoms with E-state index >= 15 is 0 Å². The number of hydrogen-bond acceptors (Lipinski definition) is 4. The van der Waals surface area contributed by atoms with E-state index < -0.39 is 0 Å². The molecule has 0 fully saturated rings. The predicted molar refractivity (Wildman–Crippen MR) is 107 cm³/mol. The molecule has 0 aliphatic rings. The molecule has 2 heterocycles. The quantitative estimate of drug-likeness (QED) is 0.565. The molecule has 2 aromatic heterocycles. The lowest BCUT2D eigenvalue weighted by Gasteiger charge is -2.18. The molecule has 0 saturated carbocycles. The molecule has 3 rings (SSSR count). The van der Waals surface area contributed by atoms with Gasteiger partial charge in [-0.25, -0.2) is 0 Å². The molecule has 0 bridgehead atoms. The minimum atomic E-state index is 0.0764. The topological polar surface area (TPSA) is 56.0 Å². The first kappa shape index (κ1) is 19.0. The van der Waals surface area contributed by atoms with Crippen LogP contribution in [0.2, 0.25) is 0 Å². The van der Waals surface area contributed by atoms with E-state index in [1.165, 1.54) is 5.56 Å². The lowest BCUT2D eigenvalue weighted by molar-refractivity contribution is 0.0979. The molecular weight excluding hydrogens is 336 g/mol. The normalized spacial score (nSPS) is 11.6. The van der Waals surface area contributed by atoms with E-state index in [4.69, 9.17) is 4.52 Å². The Balaban J connectivity index is 1.66. The molecule has 0 aliphatic heterocycles. The van der Waals surface area contributed by atoms with Gasteiger partial charge in [-0.2, -0.15) is 0 Å². The van der Waals surface area contributed by atoms with Gasteiger partial charge in [-0.3, -0.25) is 9.78 Å². The summed E-state index contributed by atoms with van der Waals surface area (Å²) in [5.41, 5.74) is 5.59. The van der Waals surface area contributed by atoms with Gasteiger partial charge in [0.1, 0.15) is 11.5 Å². The van der Waals surface area contributed by atoms with Gasteiger partial charge in [0.15, 0.2) is 5.78 Å². The molecule has 0 amide bonds. The van der Waals surface area contributed by atoms with Crippen LogP contribution in [0.15, 0.2) is 47.0 Å². The Morgan fingerprint density at radius 3 is 2.37 bits per heavy atom. The van der Waals surface area contributed by atoms with Crippen LogP contribution < -0.4 is 0 Å². The SMILES string of the molecule is Cc1ccc(C(=O)CCc2cc(-c3ccc(C(C)(C)C)cc3)no2)c(C)n1.